The number of phenols is 1. The van der Waals surface area contributed by atoms with Gasteiger partial charge in [0, 0.05) is 25.6 Å². The first kappa shape index (κ1) is 14.1. The molecule has 0 aliphatic carbocycles. The lowest BCUT2D eigenvalue weighted by Gasteiger charge is -2.33. The minimum Gasteiger partial charge on any atom is -0.507 e. The molecule has 3 fully saturated rings. The molecule has 0 radical (unpaired) electrons. The van der Waals surface area contributed by atoms with Crippen LogP contribution in [0.15, 0.2) is 12.1 Å². The van der Waals surface area contributed by atoms with E-state index in [9.17, 15) is 9.90 Å². The van der Waals surface area contributed by atoms with Gasteiger partial charge in [0.05, 0.1) is 0 Å². The molecule has 0 bridgehead atoms. The van der Waals surface area contributed by atoms with Gasteiger partial charge in [-0.3, -0.25) is 9.69 Å². The summed E-state index contributed by atoms with van der Waals surface area (Å²) in [5.41, 5.74) is 2.89. The quantitative estimate of drug-likeness (QED) is 0.866. The van der Waals surface area contributed by atoms with E-state index >= 15 is 0 Å². The Morgan fingerprint density at radius 2 is 1.95 bits per heavy atom. The predicted molar refractivity (Wildman–Crippen MR) is 84.7 cm³/mol. The van der Waals surface area contributed by atoms with Gasteiger partial charge in [-0.2, -0.15) is 0 Å². The molecule has 1 amide bonds. The van der Waals surface area contributed by atoms with E-state index < -0.39 is 0 Å². The molecule has 1 aromatic carbocycles. The van der Waals surface area contributed by atoms with E-state index in [1.165, 1.54) is 5.56 Å². The van der Waals surface area contributed by atoms with Crippen molar-refractivity contribution in [1.29, 1.82) is 0 Å². The van der Waals surface area contributed by atoms with Crippen LogP contribution in [0.25, 0.3) is 0 Å². The molecule has 3 saturated heterocycles. The fourth-order valence-corrected chi connectivity index (χ4v) is 5.20. The van der Waals surface area contributed by atoms with Crippen molar-refractivity contribution in [2.45, 2.75) is 44.7 Å². The lowest BCUT2D eigenvalue weighted by atomic mass is 9.85. The van der Waals surface area contributed by atoms with Crippen LogP contribution < -0.4 is 0 Å². The number of aromatic hydroxyl groups is 1. The number of carbonyl (C=O) groups excluding carboxylic acids is 1. The Kier molecular flexibility index (Phi) is 2.86. The van der Waals surface area contributed by atoms with Crippen LogP contribution in [0.5, 0.6) is 5.75 Å². The van der Waals surface area contributed by atoms with Gasteiger partial charge in [-0.15, -0.1) is 0 Å². The number of carbonyl (C=O) groups is 1. The number of likely N-dealkylation sites (tertiary alicyclic amines) is 1. The smallest absolute Gasteiger partial charge is 0.243 e. The lowest BCUT2D eigenvalue weighted by Crippen LogP contribution is -2.49. The Hall–Kier alpha value is -1.55. The van der Waals surface area contributed by atoms with E-state index in [4.69, 9.17) is 0 Å². The summed E-state index contributed by atoms with van der Waals surface area (Å²) in [4.78, 5) is 17.2. The molecule has 3 aliphatic heterocycles. The Morgan fingerprint density at radius 1 is 1.27 bits per heavy atom. The third kappa shape index (κ3) is 1.59. The van der Waals surface area contributed by atoms with Crippen LogP contribution in [-0.4, -0.2) is 46.5 Å². The average Bonchev–Trinajstić information content (AvgIpc) is 3.09. The summed E-state index contributed by atoms with van der Waals surface area (Å²) < 4.78 is 0. The van der Waals surface area contributed by atoms with Crippen molar-refractivity contribution < 1.29 is 9.90 Å². The molecule has 4 heteroatoms. The van der Waals surface area contributed by atoms with Crippen LogP contribution in [-0.2, 0) is 4.79 Å². The molecule has 4 nitrogen and oxygen atoms in total. The number of hydrogen-bond donors (Lipinski definition) is 1. The van der Waals surface area contributed by atoms with Crippen molar-refractivity contribution in [3.63, 3.8) is 0 Å². The summed E-state index contributed by atoms with van der Waals surface area (Å²) in [5.74, 6) is 1.17. The largest absolute Gasteiger partial charge is 0.507 e. The van der Waals surface area contributed by atoms with Crippen molar-refractivity contribution in [2.75, 3.05) is 20.1 Å². The van der Waals surface area contributed by atoms with Crippen LogP contribution >= 0.6 is 0 Å². The first-order chi connectivity index (χ1) is 10.4. The molecule has 22 heavy (non-hydrogen) atoms. The molecule has 1 aromatic rings. The second kappa shape index (κ2) is 4.48. The second-order valence-electron chi connectivity index (χ2n) is 7.36. The molecular formula is C18H24N2O2. The molecule has 118 valence electrons. The standard InChI is InChI=1S/C18H24N2O2/c1-11-7-13(8-12(2)16(11)21)15-9-14-10-19(3)17(22)18(14)5-4-6-20(15)18/h7-8,14-15,21H,4-6,9-10H2,1-3H3/t14-,15-,18-/m0/s1. The number of hydrogen-bond acceptors (Lipinski definition) is 3. The van der Waals surface area contributed by atoms with Crippen molar-refractivity contribution in [1.82, 2.24) is 9.80 Å². The minimum atomic E-state index is -0.237. The monoisotopic (exact) mass is 300 g/mol. The van der Waals surface area contributed by atoms with E-state index in [1.54, 1.807) is 0 Å². The minimum absolute atomic E-state index is 0.237. The maximum absolute atomic E-state index is 12.8. The van der Waals surface area contributed by atoms with E-state index in [0.717, 1.165) is 43.5 Å². The number of rotatable bonds is 1. The highest BCUT2D eigenvalue weighted by Gasteiger charge is 2.64. The van der Waals surface area contributed by atoms with E-state index in [2.05, 4.69) is 17.0 Å². The number of amides is 1. The van der Waals surface area contributed by atoms with Crippen molar-refractivity contribution >= 4 is 5.91 Å². The van der Waals surface area contributed by atoms with Crippen LogP contribution in [0, 0.1) is 19.8 Å². The van der Waals surface area contributed by atoms with Gasteiger partial charge in [0.2, 0.25) is 5.91 Å². The number of likely N-dealkylation sites (N-methyl/N-ethyl adjacent to an activating group) is 1. The molecule has 3 heterocycles. The Labute approximate surface area is 131 Å². The van der Waals surface area contributed by atoms with Crippen LogP contribution in [0.1, 0.15) is 42.0 Å². The molecule has 1 N–H and O–H groups in total. The zero-order valence-electron chi connectivity index (χ0n) is 13.6. The molecule has 1 spiro atoms. The van der Waals surface area contributed by atoms with Gasteiger partial charge < -0.3 is 10.0 Å². The van der Waals surface area contributed by atoms with Gasteiger partial charge in [-0.05, 0) is 56.3 Å². The highest BCUT2D eigenvalue weighted by atomic mass is 16.3. The normalized spacial score (nSPS) is 34.3. The molecular weight excluding hydrogens is 276 g/mol. The average molecular weight is 300 g/mol. The van der Waals surface area contributed by atoms with Crippen molar-refractivity contribution in [3.8, 4) is 5.75 Å². The summed E-state index contributed by atoms with van der Waals surface area (Å²) in [6.45, 7) is 5.82. The summed E-state index contributed by atoms with van der Waals surface area (Å²) >= 11 is 0. The highest BCUT2D eigenvalue weighted by Crippen LogP contribution is 2.55. The molecule has 0 unspecified atom stereocenters. The third-order valence-corrected chi connectivity index (χ3v) is 6.14. The van der Waals surface area contributed by atoms with Gasteiger partial charge in [0.1, 0.15) is 11.3 Å². The maximum Gasteiger partial charge on any atom is 0.243 e. The van der Waals surface area contributed by atoms with Crippen LogP contribution in [0.4, 0.5) is 0 Å². The fraction of sp³-hybridized carbons (Fsp3) is 0.611. The Bertz CT molecular complexity index is 633. The fourth-order valence-electron chi connectivity index (χ4n) is 5.20. The number of nitrogens with zero attached hydrogens (tertiary/aromatic N) is 2. The number of aryl methyl sites for hydroxylation is 2. The molecule has 3 aliphatic rings. The molecule has 0 saturated carbocycles. The van der Waals surface area contributed by atoms with Gasteiger partial charge in [0.15, 0.2) is 0 Å². The van der Waals surface area contributed by atoms with E-state index in [1.807, 2.05) is 25.8 Å². The molecule has 4 rings (SSSR count). The summed E-state index contributed by atoms with van der Waals surface area (Å²) in [6, 6.07) is 4.53. The summed E-state index contributed by atoms with van der Waals surface area (Å²) in [6.07, 6.45) is 3.18. The lowest BCUT2D eigenvalue weighted by molar-refractivity contribution is -0.135. The SMILES string of the molecule is Cc1cc([C@@H]2C[C@H]3CN(C)C(=O)[C@]34CCCN24)cc(C)c1O. The van der Waals surface area contributed by atoms with Gasteiger partial charge >= 0.3 is 0 Å². The zero-order valence-corrected chi connectivity index (χ0v) is 13.6. The number of benzene rings is 1. The molecule has 0 aromatic heterocycles. The first-order valence-electron chi connectivity index (χ1n) is 8.27. The Morgan fingerprint density at radius 3 is 2.64 bits per heavy atom. The topological polar surface area (TPSA) is 43.8 Å². The van der Waals surface area contributed by atoms with Crippen LogP contribution in [0.3, 0.4) is 0 Å². The summed E-state index contributed by atoms with van der Waals surface area (Å²) in [5, 5.41) is 10.0. The van der Waals surface area contributed by atoms with Crippen molar-refractivity contribution in [2.24, 2.45) is 5.92 Å². The van der Waals surface area contributed by atoms with Crippen LogP contribution in [0.2, 0.25) is 0 Å². The van der Waals surface area contributed by atoms with E-state index in [-0.39, 0.29) is 5.54 Å². The second-order valence-corrected chi connectivity index (χ2v) is 7.36. The van der Waals surface area contributed by atoms with E-state index in [0.29, 0.717) is 23.6 Å². The maximum atomic E-state index is 12.8. The van der Waals surface area contributed by atoms with Gasteiger partial charge in [-0.25, -0.2) is 0 Å². The number of phenolic OH excluding ortho intramolecular Hbond substituents is 1. The predicted octanol–water partition coefficient (Wildman–Crippen LogP) is 2.38. The summed E-state index contributed by atoms with van der Waals surface area (Å²) in [7, 11) is 1.94. The molecule has 3 atom stereocenters. The third-order valence-electron chi connectivity index (χ3n) is 6.14. The van der Waals surface area contributed by atoms with Crippen molar-refractivity contribution in [3.05, 3.63) is 28.8 Å². The van der Waals surface area contributed by atoms with Gasteiger partial charge in [-0.1, -0.05) is 12.1 Å². The zero-order chi connectivity index (χ0) is 15.6. The highest BCUT2D eigenvalue weighted by molar-refractivity contribution is 5.90. The Balaban J connectivity index is 1.76. The van der Waals surface area contributed by atoms with Gasteiger partial charge in [0.25, 0.3) is 0 Å². The first-order valence-corrected chi connectivity index (χ1v) is 8.27.